The van der Waals surface area contributed by atoms with Crippen LogP contribution in [0, 0.1) is 5.82 Å². The summed E-state index contributed by atoms with van der Waals surface area (Å²) in [5, 5.41) is 3.10. The third-order valence-electron chi connectivity index (χ3n) is 4.27. The summed E-state index contributed by atoms with van der Waals surface area (Å²) in [4.78, 5) is 42.8. The van der Waals surface area contributed by atoms with E-state index in [1.807, 2.05) is 0 Å². The number of thiophene rings is 1. The molecule has 0 radical (unpaired) electrons. The summed E-state index contributed by atoms with van der Waals surface area (Å²) in [6.07, 6.45) is 4.81. The predicted molar refractivity (Wildman–Crippen MR) is 116 cm³/mol. The van der Waals surface area contributed by atoms with E-state index in [2.05, 4.69) is 10.3 Å². The van der Waals surface area contributed by atoms with Gasteiger partial charge in [0.2, 0.25) is 0 Å². The fraction of sp³-hybridized carbons (Fsp3) is 0.100. The van der Waals surface area contributed by atoms with Crippen LogP contribution in [0.4, 0.5) is 9.18 Å². The molecule has 1 aliphatic heterocycles. The molecular formula is C20H13ClFN3O3S2. The van der Waals surface area contributed by atoms with E-state index < -0.39 is 22.9 Å². The van der Waals surface area contributed by atoms with Crippen LogP contribution < -0.4 is 5.32 Å². The normalized spacial score (nSPS) is 15.4. The van der Waals surface area contributed by atoms with Crippen LogP contribution in [0.1, 0.15) is 15.2 Å². The number of imide groups is 1. The number of aromatic nitrogens is 1. The average Bonchev–Trinajstić information content (AvgIpc) is 3.19. The number of rotatable bonds is 5. The van der Waals surface area contributed by atoms with Crippen molar-refractivity contribution >= 4 is 67.9 Å². The Balaban J connectivity index is 1.40. The van der Waals surface area contributed by atoms with Crippen molar-refractivity contribution in [1.82, 2.24) is 15.2 Å². The van der Waals surface area contributed by atoms with Gasteiger partial charge in [0.05, 0.1) is 9.93 Å². The van der Waals surface area contributed by atoms with Gasteiger partial charge in [-0.3, -0.25) is 24.3 Å². The fourth-order valence-electron chi connectivity index (χ4n) is 2.85. The highest BCUT2D eigenvalue weighted by Gasteiger charge is 2.34. The summed E-state index contributed by atoms with van der Waals surface area (Å²) in [5.74, 6) is -1.27. The molecule has 0 spiro atoms. The van der Waals surface area contributed by atoms with Gasteiger partial charge in [0, 0.05) is 35.6 Å². The van der Waals surface area contributed by atoms with Crippen molar-refractivity contribution < 1.29 is 18.8 Å². The molecule has 0 aliphatic carbocycles. The second-order valence-electron chi connectivity index (χ2n) is 6.26. The SMILES string of the molecule is O=C(NCCN1C(=O)SC(=Cc2cccnc2)C1=O)c1sc2cc(F)ccc2c1Cl. The van der Waals surface area contributed by atoms with Crippen molar-refractivity contribution in [3.8, 4) is 0 Å². The van der Waals surface area contributed by atoms with Crippen LogP contribution in [-0.2, 0) is 4.79 Å². The number of benzene rings is 1. The number of thioether (sulfide) groups is 1. The van der Waals surface area contributed by atoms with Crippen LogP contribution in [-0.4, -0.2) is 40.0 Å². The number of carbonyl (C=O) groups excluding carboxylic acids is 3. The topological polar surface area (TPSA) is 79.4 Å². The lowest BCUT2D eigenvalue weighted by Crippen LogP contribution is -2.37. The maximum atomic E-state index is 13.4. The molecule has 1 fully saturated rings. The number of amides is 3. The number of fused-ring (bicyclic) bond motifs is 1. The van der Waals surface area contributed by atoms with Crippen LogP contribution in [0.5, 0.6) is 0 Å². The van der Waals surface area contributed by atoms with Crippen molar-refractivity contribution in [3.63, 3.8) is 0 Å². The van der Waals surface area contributed by atoms with Gasteiger partial charge in [-0.2, -0.15) is 0 Å². The maximum absolute atomic E-state index is 13.4. The molecule has 1 saturated heterocycles. The highest BCUT2D eigenvalue weighted by Crippen LogP contribution is 2.35. The summed E-state index contributed by atoms with van der Waals surface area (Å²) >= 11 is 8.17. The van der Waals surface area contributed by atoms with Crippen LogP contribution >= 0.6 is 34.7 Å². The molecule has 6 nitrogen and oxygen atoms in total. The Labute approximate surface area is 183 Å². The number of nitrogens with zero attached hydrogens (tertiary/aromatic N) is 2. The van der Waals surface area contributed by atoms with E-state index >= 15 is 0 Å². The number of hydrogen-bond acceptors (Lipinski definition) is 6. The molecule has 1 N–H and O–H groups in total. The molecular weight excluding hydrogens is 449 g/mol. The van der Waals surface area contributed by atoms with Crippen molar-refractivity contribution in [2.45, 2.75) is 0 Å². The minimum atomic E-state index is -0.445. The Bertz CT molecular complexity index is 1200. The largest absolute Gasteiger partial charge is 0.349 e. The summed E-state index contributed by atoms with van der Waals surface area (Å²) in [6, 6.07) is 7.63. The highest BCUT2D eigenvalue weighted by molar-refractivity contribution is 8.18. The smallest absolute Gasteiger partial charge is 0.293 e. The molecule has 3 aromatic rings. The zero-order valence-electron chi connectivity index (χ0n) is 15.2. The third kappa shape index (κ3) is 4.09. The molecule has 0 unspecified atom stereocenters. The number of pyridine rings is 1. The molecule has 1 aromatic carbocycles. The van der Waals surface area contributed by atoms with Crippen LogP contribution in [0.3, 0.4) is 0 Å². The monoisotopic (exact) mass is 461 g/mol. The van der Waals surface area contributed by atoms with Crippen LogP contribution in [0.2, 0.25) is 5.02 Å². The molecule has 152 valence electrons. The van der Waals surface area contributed by atoms with Gasteiger partial charge in [-0.25, -0.2) is 4.39 Å². The first-order chi connectivity index (χ1) is 14.4. The zero-order chi connectivity index (χ0) is 21.3. The second kappa shape index (κ2) is 8.55. The summed E-state index contributed by atoms with van der Waals surface area (Å²) in [7, 11) is 0. The van der Waals surface area contributed by atoms with E-state index in [1.54, 1.807) is 30.6 Å². The van der Waals surface area contributed by atoms with E-state index in [1.165, 1.54) is 18.2 Å². The van der Waals surface area contributed by atoms with Gasteiger partial charge in [-0.1, -0.05) is 17.7 Å². The molecule has 0 atom stereocenters. The molecule has 3 heterocycles. The molecule has 2 aromatic heterocycles. The minimum Gasteiger partial charge on any atom is -0.349 e. The zero-order valence-corrected chi connectivity index (χ0v) is 17.6. The predicted octanol–water partition coefficient (Wildman–Crippen LogP) is 4.56. The van der Waals surface area contributed by atoms with E-state index in [0.29, 0.717) is 20.6 Å². The van der Waals surface area contributed by atoms with Crippen molar-refractivity contribution in [3.05, 3.63) is 68.9 Å². The molecule has 3 amide bonds. The first-order valence-corrected chi connectivity index (χ1v) is 10.8. The first kappa shape index (κ1) is 20.5. The van der Waals surface area contributed by atoms with Crippen LogP contribution in [0.15, 0.2) is 47.6 Å². The number of halogens is 2. The lowest BCUT2D eigenvalue weighted by Gasteiger charge is -2.12. The second-order valence-corrected chi connectivity index (χ2v) is 8.68. The lowest BCUT2D eigenvalue weighted by molar-refractivity contribution is -0.122. The quantitative estimate of drug-likeness (QED) is 0.564. The molecule has 0 saturated carbocycles. The molecule has 10 heteroatoms. The van der Waals surface area contributed by atoms with Gasteiger partial charge in [-0.05, 0) is 47.7 Å². The van der Waals surface area contributed by atoms with E-state index in [4.69, 9.17) is 11.6 Å². The average molecular weight is 462 g/mol. The fourth-order valence-corrected chi connectivity index (χ4v) is 5.18. The lowest BCUT2D eigenvalue weighted by atomic mass is 10.2. The number of carbonyl (C=O) groups is 3. The van der Waals surface area contributed by atoms with E-state index in [9.17, 15) is 18.8 Å². The summed E-state index contributed by atoms with van der Waals surface area (Å²) in [5.41, 5.74) is 0.715. The summed E-state index contributed by atoms with van der Waals surface area (Å²) in [6.45, 7) is 0.0912. The Morgan fingerprint density at radius 2 is 2.13 bits per heavy atom. The minimum absolute atomic E-state index is 0.0257. The van der Waals surface area contributed by atoms with E-state index in [-0.39, 0.29) is 23.0 Å². The molecule has 30 heavy (non-hydrogen) atoms. The summed E-state index contributed by atoms with van der Waals surface area (Å²) < 4.78 is 13.9. The van der Waals surface area contributed by atoms with Crippen molar-refractivity contribution in [2.24, 2.45) is 0 Å². The van der Waals surface area contributed by atoms with Crippen molar-refractivity contribution in [2.75, 3.05) is 13.1 Å². The number of hydrogen-bond donors (Lipinski definition) is 1. The standard InChI is InChI=1S/C20H13ClFN3O3S2/c21-16-13-4-3-12(22)9-14(13)29-17(16)18(26)24-6-7-25-19(27)15(30-20(25)28)8-11-2-1-5-23-10-11/h1-5,8-10H,6-7H2,(H,24,26). The Kier molecular flexibility index (Phi) is 5.85. The molecule has 1 aliphatic rings. The van der Waals surface area contributed by atoms with E-state index in [0.717, 1.165) is 28.0 Å². The Morgan fingerprint density at radius 1 is 1.30 bits per heavy atom. The molecule has 0 bridgehead atoms. The van der Waals surface area contributed by atoms with Gasteiger partial charge < -0.3 is 5.32 Å². The Hall–Kier alpha value is -2.75. The maximum Gasteiger partial charge on any atom is 0.293 e. The van der Waals surface area contributed by atoms with Gasteiger partial charge in [0.15, 0.2) is 0 Å². The van der Waals surface area contributed by atoms with Gasteiger partial charge in [0.25, 0.3) is 17.1 Å². The van der Waals surface area contributed by atoms with Gasteiger partial charge in [0.1, 0.15) is 10.7 Å². The van der Waals surface area contributed by atoms with Crippen molar-refractivity contribution in [1.29, 1.82) is 0 Å². The van der Waals surface area contributed by atoms with Gasteiger partial charge >= 0.3 is 0 Å². The third-order valence-corrected chi connectivity index (χ3v) is 6.84. The highest BCUT2D eigenvalue weighted by atomic mass is 35.5. The molecule has 4 rings (SSSR count). The first-order valence-electron chi connectivity index (χ1n) is 8.75. The Morgan fingerprint density at radius 3 is 2.90 bits per heavy atom. The number of nitrogens with one attached hydrogen (secondary N) is 1. The van der Waals surface area contributed by atoms with Crippen LogP contribution in [0.25, 0.3) is 16.2 Å². The van der Waals surface area contributed by atoms with Gasteiger partial charge in [-0.15, -0.1) is 11.3 Å².